The van der Waals surface area contributed by atoms with E-state index in [1.54, 1.807) is 58.9 Å². The number of amides is 3. The highest BCUT2D eigenvalue weighted by Gasteiger charge is 2.36. The van der Waals surface area contributed by atoms with E-state index in [9.17, 15) is 24.3 Å². The summed E-state index contributed by atoms with van der Waals surface area (Å²) in [6.45, 7) is 8.52. The van der Waals surface area contributed by atoms with Crippen LogP contribution in [0.3, 0.4) is 0 Å². The maximum absolute atomic E-state index is 12.8. The van der Waals surface area contributed by atoms with E-state index in [4.69, 9.17) is 9.57 Å². The summed E-state index contributed by atoms with van der Waals surface area (Å²) in [6.07, 6.45) is -0.346. The largest absolute Gasteiger partial charge is 0.444 e. The number of rotatable bonds is 9. The van der Waals surface area contributed by atoms with Crippen LogP contribution in [0.5, 0.6) is 0 Å². The van der Waals surface area contributed by atoms with E-state index in [-0.39, 0.29) is 31.8 Å². The molecule has 10 nitrogen and oxygen atoms in total. The first-order chi connectivity index (χ1) is 15.4. The van der Waals surface area contributed by atoms with Crippen molar-refractivity contribution in [3.05, 3.63) is 29.8 Å². The molecule has 10 heteroatoms. The fourth-order valence-corrected chi connectivity index (χ4v) is 3.21. The second-order valence-corrected chi connectivity index (χ2v) is 9.25. The number of alkyl carbamates (subject to hydrolysis) is 1. The summed E-state index contributed by atoms with van der Waals surface area (Å²) in [4.78, 5) is 53.5. The molecule has 2 rings (SSSR count). The molecular formula is C23H33N3O7. The number of aliphatic hydroxyl groups is 1. The average molecular weight is 464 g/mol. The smallest absolute Gasteiger partial charge is 0.407 e. The summed E-state index contributed by atoms with van der Waals surface area (Å²) >= 11 is 0. The third kappa shape index (κ3) is 7.74. The number of nitrogens with zero attached hydrogens (tertiary/aromatic N) is 1. The molecule has 2 atom stereocenters. The topological polar surface area (TPSA) is 134 Å². The monoisotopic (exact) mass is 463 g/mol. The fraction of sp³-hybridized carbons (Fsp3) is 0.565. The van der Waals surface area contributed by atoms with Crippen LogP contribution in [0, 0.1) is 5.92 Å². The van der Waals surface area contributed by atoms with Crippen LogP contribution in [-0.2, 0) is 30.4 Å². The van der Waals surface area contributed by atoms with Crippen molar-refractivity contribution in [3.63, 3.8) is 0 Å². The number of anilines is 1. The van der Waals surface area contributed by atoms with Crippen LogP contribution < -0.4 is 10.6 Å². The van der Waals surface area contributed by atoms with Gasteiger partial charge in [0, 0.05) is 18.5 Å². The number of aliphatic hydroxyl groups excluding tert-OH is 1. The van der Waals surface area contributed by atoms with E-state index in [0.29, 0.717) is 10.8 Å². The first-order valence-electron chi connectivity index (χ1n) is 10.9. The van der Waals surface area contributed by atoms with Crippen molar-refractivity contribution >= 4 is 29.6 Å². The number of imide groups is 1. The standard InChI is InChI=1S/C23H33N3O7/c1-14(2)20(21(30)33-26-18(28)10-11-19(26)29)25-17-9-7-6-8-15(17)12-16(13-27)24-22(31)32-23(3,4)5/h6-9,14,16,20,25,27H,10-13H2,1-5H3,(H,24,31)/t16-,20-/m0/s1. The van der Waals surface area contributed by atoms with E-state index < -0.39 is 41.6 Å². The maximum atomic E-state index is 12.8. The minimum atomic E-state index is -0.848. The predicted octanol–water partition coefficient (Wildman–Crippen LogP) is 2.16. The van der Waals surface area contributed by atoms with E-state index in [0.717, 1.165) is 5.56 Å². The molecule has 3 N–H and O–H groups in total. The predicted molar refractivity (Wildman–Crippen MR) is 120 cm³/mol. The van der Waals surface area contributed by atoms with Gasteiger partial charge in [-0.05, 0) is 44.7 Å². The maximum Gasteiger partial charge on any atom is 0.407 e. The molecule has 182 valence electrons. The van der Waals surface area contributed by atoms with Gasteiger partial charge in [0.05, 0.1) is 12.6 Å². The first-order valence-corrected chi connectivity index (χ1v) is 10.9. The fourth-order valence-electron chi connectivity index (χ4n) is 3.21. The molecule has 0 unspecified atom stereocenters. The zero-order chi connectivity index (χ0) is 24.8. The van der Waals surface area contributed by atoms with Gasteiger partial charge in [0.15, 0.2) is 0 Å². The molecule has 1 aromatic carbocycles. The Hall–Kier alpha value is -3.14. The summed E-state index contributed by atoms with van der Waals surface area (Å²) in [5.74, 6) is -2.08. The number of nitrogens with one attached hydrogen (secondary N) is 2. The molecule has 0 radical (unpaired) electrons. The normalized spacial score (nSPS) is 15.9. The number of para-hydroxylation sites is 1. The number of ether oxygens (including phenoxy) is 1. The summed E-state index contributed by atoms with van der Waals surface area (Å²) in [6, 6.07) is 5.67. The molecule has 1 saturated heterocycles. The summed E-state index contributed by atoms with van der Waals surface area (Å²) in [5, 5.41) is 16.0. The van der Waals surface area contributed by atoms with Crippen molar-refractivity contribution in [3.8, 4) is 0 Å². The molecule has 1 fully saturated rings. The van der Waals surface area contributed by atoms with Gasteiger partial charge in [-0.15, -0.1) is 5.06 Å². The van der Waals surface area contributed by atoms with Crippen molar-refractivity contribution in [1.82, 2.24) is 10.4 Å². The summed E-state index contributed by atoms with van der Waals surface area (Å²) in [5.41, 5.74) is 0.656. The number of carbonyl (C=O) groups excluding carboxylic acids is 4. The molecule has 33 heavy (non-hydrogen) atoms. The lowest BCUT2D eigenvalue weighted by atomic mass is 10.0. The highest BCUT2D eigenvalue weighted by Crippen LogP contribution is 2.22. The average Bonchev–Trinajstić information content (AvgIpc) is 3.02. The van der Waals surface area contributed by atoms with Gasteiger partial charge < -0.3 is 25.3 Å². The molecule has 1 aliphatic rings. The van der Waals surface area contributed by atoms with Crippen LogP contribution in [0.15, 0.2) is 24.3 Å². The second-order valence-electron chi connectivity index (χ2n) is 9.25. The number of carbonyl (C=O) groups is 4. The van der Waals surface area contributed by atoms with Crippen LogP contribution in [0.25, 0.3) is 0 Å². The van der Waals surface area contributed by atoms with Gasteiger partial charge in [0.25, 0.3) is 11.8 Å². The Morgan fingerprint density at radius 1 is 1.12 bits per heavy atom. The van der Waals surface area contributed by atoms with Gasteiger partial charge in [0.2, 0.25) is 0 Å². The van der Waals surface area contributed by atoms with Crippen molar-refractivity contribution in [2.45, 2.75) is 71.6 Å². The van der Waals surface area contributed by atoms with E-state index >= 15 is 0 Å². The molecule has 3 amide bonds. The van der Waals surface area contributed by atoms with Crippen molar-refractivity contribution in [2.75, 3.05) is 11.9 Å². The summed E-state index contributed by atoms with van der Waals surface area (Å²) < 4.78 is 5.25. The zero-order valence-corrected chi connectivity index (χ0v) is 19.7. The van der Waals surface area contributed by atoms with Crippen molar-refractivity contribution in [2.24, 2.45) is 5.92 Å². The van der Waals surface area contributed by atoms with Gasteiger partial charge in [-0.1, -0.05) is 32.0 Å². The second kappa shape index (κ2) is 11.1. The SMILES string of the molecule is CC(C)[C@H](Nc1ccccc1C[C@@H](CO)NC(=O)OC(C)(C)C)C(=O)ON1C(=O)CCC1=O. The van der Waals surface area contributed by atoms with Crippen LogP contribution in [0.4, 0.5) is 10.5 Å². The quantitative estimate of drug-likeness (QED) is 0.474. The van der Waals surface area contributed by atoms with E-state index in [1.807, 2.05) is 0 Å². The van der Waals surface area contributed by atoms with E-state index in [1.165, 1.54) is 0 Å². The molecule has 1 aromatic rings. The number of hydrogen-bond donors (Lipinski definition) is 3. The van der Waals surface area contributed by atoms with E-state index in [2.05, 4.69) is 10.6 Å². The highest BCUT2D eigenvalue weighted by molar-refractivity contribution is 6.01. The van der Waals surface area contributed by atoms with Crippen LogP contribution in [0.1, 0.15) is 53.0 Å². The molecule has 0 aliphatic carbocycles. The van der Waals surface area contributed by atoms with Gasteiger partial charge in [-0.2, -0.15) is 0 Å². The van der Waals surface area contributed by atoms with Gasteiger partial charge in [-0.3, -0.25) is 9.59 Å². The third-order valence-corrected chi connectivity index (χ3v) is 4.84. The van der Waals surface area contributed by atoms with Crippen LogP contribution in [-0.4, -0.2) is 58.3 Å². The van der Waals surface area contributed by atoms with Gasteiger partial charge >= 0.3 is 12.1 Å². The molecule has 0 aromatic heterocycles. The number of hydroxylamine groups is 2. The molecule has 1 heterocycles. The van der Waals surface area contributed by atoms with Crippen LogP contribution in [0.2, 0.25) is 0 Å². The third-order valence-electron chi connectivity index (χ3n) is 4.84. The van der Waals surface area contributed by atoms with Gasteiger partial charge in [-0.25, -0.2) is 9.59 Å². The van der Waals surface area contributed by atoms with Crippen molar-refractivity contribution in [1.29, 1.82) is 0 Å². The Bertz CT molecular complexity index is 863. The van der Waals surface area contributed by atoms with Crippen LogP contribution >= 0.6 is 0 Å². The lowest BCUT2D eigenvalue weighted by Gasteiger charge is -2.26. The summed E-state index contributed by atoms with van der Waals surface area (Å²) in [7, 11) is 0. The zero-order valence-electron chi connectivity index (χ0n) is 19.7. The molecule has 0 spiro atoms. The Balaban J connectivity index is 2.13. The number of benzene rings is 1. The molecule has 0 saturated carbocycles. The lowest BCUT2D eigenvalue weighted by Crippen LogP contribution is -2.43. The minimum absolute atomic E-state index is 0.0158. The minimum Gasteiger partial charge on any atom is -0.444 e. The Morgan fingerprint density at radius 3 is 2.27 bits per heavy atom. The number of hydrogen-bond acceptors (Lipinski definition) is 8. The van der Waals surface area contributed by atoms with Crippen molar-refractivity contribution < 1.29 is 33.9 Å². The lowest BCUT2D eigenvalue weighted by molar-refractivity contribution is -0.198. The first kappa shape index (κ1) is 26.1. The molecular weight excluding hydrogens is 430 g/mol. The Kier molecular flexibility index (Phi) is 8.81. The highest BCUT2D eigenvalue weighted by atomic mass is 16.7. The Morgan fingerprint density at radius 2 is 1.73 bits per heavy atom. The van der Waals surface area contributed by atoms with Gasteiger partial charge in [0.1, 0.15) is 11.6 Å². The molecule has 0 bridgehead atoms. The molecule has 1 aliphatic heterocycles. The Labute approximate surface area is 193 Å².